The number of carbonyl (C=O) groups is 2. The zero-order valence-corrected chi connectivity index (χ0v) is 31.9. The van der Waals surface area contributed by atoms with Gasteiger partial charge in [0.15, 0.2) is 11.6 Å². The number of nitrogens with two attached hydrogens (primary N) is 2. The molecule has 0 spiro atoms. The number of unbranched alkanes of at least 4 members (excludes halogenated alkanes) is 3. The molecule has 6 rings (SSSR count). The molecule has 5 aromatic rings. The minimum Gasteiger partial charge on any atom is -0.744 e. The van der Waals surface area contributed by atoms with Crippen LogP contribution in [0.15, 0.2) is 97.5 Å². The summed E-state index contributed by atoms with van der Waals surface area (Å²) in [6.45, 7) is 0.512. The summed E-state index contributed by atoms with van der Waals surface area (Å²) >= 11 is 0. The van der Waals surface area contributed by atoms with Crippen LogP contribution < -0.4 is 28.0 Å². The second-order valence-corrected chi connectivity index (χ2v) is 16.7. The molecule has 0 bridgehead atoms. The summed E-state index contributed by atoms with van der Waals surface area (Å²) in [5, 5.41) is 2.69. The number of hydrogen-bond donors (Lipinski definition) is 6. The Bertz CT molecular complexity index is 2940. The average Bonchev–Trinajstić information content (AvgIpc) is 3.13. The fourth-order valence-electron chi connectivity index (χ4n) is 6.12. The summed E-state index contributed by atoms with van der Waals surface area (Å²) in [6.07, 6.45) is 3.34. The van der Waals surface area contributed by atoms with Crippen LogP contribution in [-0.4, -0.2) is 72.0 Å². The molecule has 0 radical (unpaired) electrons. The molecule has 298 valence electrons. The van der Waals surface area contributed by atoms with Crippen LogP contribution in [0.4, 0.5) is 28.4 Å². The van der Waals surface area contributed by atoms with Crippen LogP contribution in [0.2, 0.25) is 0 Å². The van der Waals surface area contributed by atoms with Gasteiger partial charge >= 0.3 is 0 Å². The van der Waals surface area contributed by atoms with E-state index in [9.17, 15) is 48.5 Å². The number of nitrogen functional groups attached to an aromatic ring is 1. The lowest BCUT2D eigenvalue weighted by atomic mass is 9.82. The number of aryl methyl sites for hydroxylation is 1. The maximum atomic E-state index is 13.7. The number of H-pyrrole nitrogens is 2. The van der Waals surface area contributed by atoms with E-state index in [0.717, 1.165) is 43.5 Å². The topological polar surface area (TPSA) is 336 Å². The molecule has 8 N–H and O–H groups in total. The molecule has 1 aromatic heterocycles. The first kappa shape index (κ1) is 40.8. The Labute approximate surface area is 324 Å². The summed E-state index contributed by atoms with van der Waals surface area (Å²) in [5.41, 5.74) is 8.30. The Hall–Kier alpha value is -5.88. The predicted molar refractivity (Wildman–Crippen MR) is 201 cm³/mol. The molecule has 0 fully saturated rings. The minimum absolute atomic E-state index is 0.0296. The first-order valence-electron chi connectivity index (χ1n) is 16.9. The second kappa shape index (κ2) is 15.9. The molecule has 0 saturated carbocycles. The van der Waals surface area contributed by atoms with Crippen molar-refractivity contribution in [3.05, 3.63) is 112 Å². The van der Waals surface area contributed by atoms with E-state index in [1.807, 2.05) is 0 Å². The molecule has 0 saturated heterocycles. The maximum Gasteiger partial charge on any atom is 0.296 e. The Morgan fingerprint density at radius 1 is 0.719 bits per heavy atom. The highest BCUT2D eigenvalue weighted by Crippen LogP contribution is 2.40. The van der Waals surface area contributed by atoms with Gasteiger partial charge in [-0.15, -0.1) is 0 Å². The van der Waals surface area contributed by atoms with E-state index in [1.54, 1.807) is 0 Å². The van der Waals surface area contributed by atoms with E-state index < -0.39 is 73.5 Å². The van der Waals surface area contributed by atoms with Crippen molar-refractivity contribution >= 4 is 70.4 Å². The number of para-hydroxylation sites is 1. The van der Waals surface area contributed by atoms with Crippen molar-refractivity contribution in [3.63, 3.8) is 0 Å². The Kier molecular flexibility index (Phi) is 11.4. The first-order chi connectivity index (χ1) is 26.9. The molecule has 0 unspecified atom stereocenters. The van der Waals surface area contributed by atoms with Gasteiger partial charge in [-0.3, -0.25) is 19.1 Å². The van der Waals surface area contributed by atoms with Crippen molar-refractivity contribution in [2.45, 2.75) is 46.8 Å². The van der Waals surface area contributed by atoms with Crippen LogP contribution in [-0.2, 0) is 36.8 Å². The molecule has 0 atom stereocenters. The number of aromatic nitrogens is 3. The Balaban J connectivity index is 1.49. The molecule has 19 nitrogen and oxygen atoms in total. The lowest BCUT2D eigenvalue weighted by molar-refractivity contribution is 0.0980. The molecule has 0 amide bonds. The lowest BCUT2D eigenvalue weighted by Gasteiger charge is -2.24. The van der Waals surface area contributed by atoms with Gasteiger partial charge in [-0.1, -0.05) is 49.2 Å². The van der Waals surface area contributed by atoms with Gasteiger partial charge in [-0.05, 0) is 55.8 Å². The molecule has 4 aromatic carbocycles. The number of nitrogens with one attached hydrogen (secondary N) is 3. The van der Waals surface area contributed by atoms with Gasteiger partial charge in [0, 0.05) is 23.2 Å². The molecular formula is C35H32N8O11S3-2. The fraction of sp³-hybridized carbons (Fsp3) is 0.171. The number of fused-ring (bicyclic) bond motifs is 2. The summed E-state index contributed by atoms with van der Waals surface area (Å²) in [5.74, 6) is -1.28. The highest BCUT2D eigenvalue weighted by Gasteiger charge is 2.36. The Morgan fingerprint density at radius 3 is 1.98 bits per heavy atom. The minimum atomic E-state index is -5.34. The van der Waals surface area contributed by atoms with Crippen molar-refractivity contribution in [3.8, 4) is 0 Å². The van der Waals surface area contributed by atoms with E-state index in [1.165, 1.54) is 48.5 Å². The number of carbonyl (C=O) groups excluding carboxylic acids is 2. The van der Waals surface area contributed by atoms with Crippen molar-refractivity contribution in [1.29, 1.82) is 0 Å². The van der Waals surface area contributed by atoms with Crippen molar-refractivity contribution in [1.82, 2.24) is 15.0 Å². The van der Waals surface area contributed by atoms with Crippen LogP contribution in [0.3, 0.4) is 0 Å². The third-order valence-electron chi connectivity index (χ3n) is 8.68. The van der Waals surface area contributed by atoms with Crippen LogP contribution >= 0.6 is 0 Å². The predicted octanol–water partition coefficient (Wildman–Crippen LogP) is 2.42. The fourth-order valence-corrected chi connectivity index (χ4v) is 8.02. The zero-order valence-electron chi connectivity index (χ0n) is 29.4. The average molecular weight is 837 g/mol. The highest BCUT2D eigenvalue weighted by atomic mass is 32.2. The highest BCUT2D eigenvalue weighted by molar-refractivity contribution is 7.86. The van der Waals surface area contributed by atoms with Crippen molar-refractivity contribution in [2.24, 2.45) is 15.7 Å². The number of hydrogen-bond acceptors (Lipinski definition) is 16. The molecule has 22 heteroatoms. The van der Waals surface area contributed by atoms with Gasteiger partial charge in [0.2, 0.25) is 11.2 Å². The van der Waals surface area contributed by atoms with E-state index in [4.69, 9.17) is 11.5 Å². The molecule has 1 heterocycles. The van der Waals surface area contributed by atoms with Gasteiger partial charge in [0.25, 0.3) is 10.1 Å². The van der Waals surface area contributed by atoms with Crippen LogP contribution in [0, 0.1) is 0 Å². The number of aromatic amines is 2. The number of benzene rings is 4. The third-order valence-corrected chi connectivity index (χ3v) is 11.3. The van der Waals surface area contributed by atoms with Crippen LogP contribution in [0.25, 0.3) is 0 Å². The van der Waals surface area contributed by atoms with E-state index in [2.05, 4.69) is 30.3 Å². The summed E-state index contributed by atoms with van der Waals surface area (Å²) in [7, 11) is -15.4. The summed E-state index contributed by atoms with van der Waals surface area (Å²) < 4.78 is 108. The monoisotopic (exact) mass is 836 g/mol. The quantitative estimate of drug-likeness (QED) is 0.0553. The SMILES string of the molecule is NCCCCCCc1nc(=Nc2ccccc2S(=O)(=O)[O-])[nH]c(=Nc2ccc(Nc3cc(S(=O)(=O)O)c(N)c4c3C(=O)c3ccccc3C4=O)cc2S(=O)(=O)[O-])[nH]1. The number of rotatable bonds is 13. The van der Waals surface area contributed by atoms with Gasteiger partial charge in [0.05, 0.1) is 43.7 Å². The summed E-state index contributed by atoms with van der Waals surface area (Å²) in [6, 6.07) is 14.8. The summed E-state index contributed by atoms with van der Waals surface area (Å²) in [4.78, 5) is 43.3. The van der Waals surface area contributed by atoms with Gasteiger partial charge in [-0.2, -0.15) is 13.4 Å². The molecular weight excluding hydrogens is 805 g/mol. The standard InChI is InChI=1S/C35H34N8O11S3/c36-16-8-2-1-3-13-28-41-34(39-22-11-6-7-12-25(22)55(46,47)48)43-35(42-28)40-23-15-14-19(17-26(23)56(49,50)51)38-24-18-27(57(52,53)54)31(37)30-29(24)32(44)20-9-4-5-10-21(20)33(30)45/h4-7,9-12,14-15,17-18,38H,1-3,8,13,16,36-37H2,(H,46,47,48)(H,49,50,51)(H,52,53,54)(H2,39,40,41,42,43)/p-2. The van der Waals surface area contributed by atoms with Crippen molar-refractivity contribution < 1.29 is 48.5 Å². The molecule has 1 aliphatic carbocycles. The van der Waals surface area contributed by atoms with Crippen LogP contribution in [0.1, 0.15) is 63.4 Å². The maximum absolute atomic E-state index is 13.7. The lowest BCUT2D eigenvalue weighted by Crippen LogP contribution is -2.29. The smallest absolute Gasteiger partial charge is 0.296 e. The van der Waals surface area contributed by atoms with Gasteiger partial charge in [0.1, 0.15) is 31.0 Å². The number of anilines is 3. The first-order valence-corrected chi connectivity index (χ1v) is 21.2. The van der Waals surface area contributed by atoms with Gasteiger partial charge in [-0.25, -0.2) is 26.8 Å². The molecule has 57 heavy (non-hydrogen) atoms. The largest absolute Gasteiger partial charge is 0.744 e. The molecule has 1 aliphatic rings. The van der Waals surface area contributed by atoms with E-state index in [0.29, 0.717) is 19.4 Å². The van der Waals surface area contributed by atoms with Crippen LogP contribution in [0.5, 0.6) is 0 Å². The Morgan fingerprint density at radius 2 is 1.33 bits per heavy atom. The zero-order chi connectivity index (χ0) is 41.3. The van der Waals surface area contributed by atoms with E-state index >= 15 is 0 Å². The van der Waals surface area contributed by atoms with E-state index in [-0.39, 0.29) is 50.8 Å². The third kappa shape index (κ3) is 8.91. The second-order valence-electron chi connectivity index (χ2n) is 12.6. The molecule has 0 aliphatic heterocycles. The normalized spacial score (nSPS) is 13.8. The number of ketones is 2. The van der Waals surface area contributed by atoms with Gasteiger partial charge < -0.3 is 30.9 Å². The number of nitrogens with zero attached hydrogens (tertiary/aromatic N) is 3. The van der Waals surface area contributed by atoms with Crippen molar-refractivity contribution in [2.75, 3.05) is 17.6 Å².